The van der Waals surface area contributed by atoms with E-state index < -0.39 is 44.6 Å². The van der Waals surface area contributed by atoms with Gasteiger partial charge in [-0.3, -0.25) is 0 Å². The molecule has 17 heavy (non-hydrogen) atoms. The smallest absolute Gasteiger partial charge is 0.107 e. The van der Waals surface area contributed by atoms with Crippen LogP contribution >= 0.6 is 0 Å². The van der Waals surface area contributed by atoms with Gasteiger partial charge in [-0.2, -0.15) is 0 Å². The Labute approximate surface area is 107 Å². The van der Waals surface area contributed by atoms with Gasteiger partial charge in [-0.05, 0) is 12.8 Å². The van der Waals surface area contributed by atoms with Crippen molar-refractivity contribution in [1.29, 1.82) is 0 Å². The molecule has 2 heterocycles. The van der Waals surface area contributed by atoms with Gasteiger partial charge in [0.15, 0.2) is 0 Å². The average molecular weight is 257 g/mol. The van der Waals surface area contributed by atoms with E-state index >= 15 is 0 Å². The van der Waals surface area contributed by atoms with Crippen molar-refractivity contribution in [2.45, 2.75) is 37.3 Å². The number of hydrogen-bond donors (Lipinski definition) is 3. The van der Waals surface area contributed by atoms with E-state index in [0.29, 0.717) is 6.42 Å². The van der Waals surface area contributed by atoms with Gasteiger partial charge in [-0.25, -0.2) is 0 Å². The highest BCUT2D eigenvalue weighted by atomic mass is 16.5. The SMILES string of the molecule is [2H]C([3H])OC[C@H]1O[C@H]([3H])CC1O.[3H][C@@H]1CC(O)[C@@H](CO)O1. The molecule has 2 fully saturated rings. The highest BCUT2D eigenvalue weighted by molar-refractivity contribution is 4.74. The van der Waals surface area contributed by atoms with Crippen molar-refractivity contribution in [2.75, 3.05) is 33.4 Å². The van der Waals surface area contributed by atoms with E-state index in [4.69, 9.17) is 25.2 Å². The molecule has 0 aromatic rings. The van der Waals surface area contributed by atoms with Crippen molar-refractivity contribution in [3.63, 3.8) is 0 Å². The Morgan fingerprint density at radius 3 is 2.29 bits per heavy atom. The maximum atomic E-state index is 9.22. The first-order chi connectivity index (χ1) is 9.83. The first-order valence-corrected chi connectivity index (χ1v) is 5.42. The van der Waals surface area contributed by atoms with Crippen molar-refractivity contribution >= 4 is 0 Å². The summed E-state index contributed by atoms with van der Waals surface area (Å²) in [5, 5.41) is 26.7. The predicted octanol–water partition coefficient (Wildman–Crippen LogP) is -1.09. The number of aliphatic hydroxyl groups excluding tert-OH is 3. The van der Waals surface area contributed by atoms with E-state index in [0.717, 1.165) is 0 Å². The summed E-state index contributed by atoms with van der Waals surface area (Å²) in [6.45, 7) is -1.55. The number of methoxy groups -OCH3 is 1. The van der Waals surface area contributed by atoms with Crippen LogP contribution in [0.2, 0.25) is 0 Å². The van der Waals surface area contributed by atoms with Gasteiger partial charge in [-0.15, -0.1) is 0 Å². The van der Waals surface area contributed by atoms with Gasteiger partial charge in [0.25, 0.3) is 0 Å². The Kier molecular flexibility index (Phi) is 4.53. The minimum atomic E-state index is -1.36. The average Bonchev–Trinajstić information content (AvgIpc) is 2.89. The second kappa shape index (κ2) is 7.97. The third-order valence-electron chi connectivity index (χ3n) is 2.52. The predicted molar refractivity (Wildman–Crippen MR) is 59.7 cm³/mol. The molecule has 0 aromatic heterocycles. The van der Waals surface area contributed by atoms with Crippen LogP contribution in [0, 0.1) is 0 Å². The number of rotatable bonds is 3. The van der Waals surface area contributed by atoms with Crippen LogP contribution in [0.3, 0.4) is 0 Å². The van der Waals surface area contributed by atoms with Crippen molar-refractivity contribution in [1.82, 2.24) is 0 Å². The molecule has 7 atom stereocenters. The Balaban J connectivity index is 0.000000219. The molecule has 0 aliphatic carbocycles. The van der Waals surface area contributed by atoms with Crippen LogP contribution in [-0.4, -0.2) is 73.2 Å². The second-order valence-electron chi connectivity index (χ2n) is 3.80. The molecule has 0 radical (unpaired) electrons. The first-order valence-electron chi connectivity index (χ1n) is 7.73. The first kappa shape index (κ1) is 9.66. The van der Waals surface area contributed by atoms with E-state index in [1.54, 1.807) is 0 Å². The van der Waals surface area contributed by atoms with E-state index in [9.17, 15) is 5.11 Å². The molecule has 6 heteroatoms. The fraction of sp³-hybridized carbons (Fsp3) is 1.00. The lowest BCUT2D eigenvalue weighted by Gasteiger charge is -2.10. The quantitative estimate of drug-likeness (QED) is 0.595. The lowest BCUT2D eigenvalue weighted by molar-refractivity contribution is -0.0101. The lowest BCUT2D eigenvalue weighted by atomic mass is 10.2. The van der Waals surface area contributed by atoms with Crippen LogP contribution in [0.1, 0.15) is 18.3 Å². The van der Waals surface area contributed by atoms with Crippen molar-refractivity contribution in [3.05, 3.63) is 0 Å². The summed E-state index contributed by atoms with van der Waals surface area (Å²) in [5.41, 5.74) is 0. The molecule has 3 unspecified atom stereocenters. The molecule has 0 bridgehead atoms. The van der Waals surface area contributed by atoms with E-state index in [1.165, 1.54) is 0 Å². The fourth-order valence-corrected chi connectivity index (χ4v) is 1.45. The minimum Gasteiger partial charge on any atom is -0.394 e. The summed E-state index contributed by atoms with van der Waals surface area (Å²) in [6.07, 6.45) is -1.86. The molecule has 2 rings (SSSR count). The molecule has 0 amide bonds. The third kappa shape index (κ3) is 4.87. The molecule has 0 spiro atoms. The number of ether oxygens (including phenoxy) is 3. The van der Waals surface area contributed by atoms with Gasteiger partial charge < -0.3 is 29.5 Å². The molecular weight excluding hydrogens is 228 g/mol. The summed E-state index contributed by atoms with van der Waals surface area (Å²) >= 11 is 0. The Morgan fingerprint density at radius 2 is 1.94 bits per heavy atom. The minimum absolute atomic E-state index is 0.00815. The molecule has 102 valence electrons. The summed E-state index contributed by atoms with van der Waals surface area (Å²) in [5.74, 6) is 0. The molecule has 0 saturated carbocycles. The van der Waals surface area contributed by atoms with Gasteiger partial charge in [0.2, 0.25) is 0 Å². The largest absolute Gasteiger partial charge is 0.394 e. The van der Waals surface area contributed by atoms with Gasteiger partial charge in [0.05, 0.1) is 30.9 Å². The number of hydrogen-bond acceptors (Lipinski definition) is 6. The standard InChI is InChI=1S/C6H12O3.C5H10O3/c1-8-4-6-5(7)2-3-9-6;6-3-5-4(7)1-2-8-5/h5-7H,2-4H2,1H3;4-7H,1-3H2/t5?,6-;4?,5-/m11/s1/i1TD,3T;2T/t1?,3-,5?,6-;2-,4?,5-. The van der Waals surface area contributed by atoms with Crippen LogP contribution < -0.4 is 0 Å². The Morgan fingerprint density at radius 1 is 1.35 bits per heavy atom. The highest BCUT2D eigenvalue weighted by Gasteiger charge is 2.25. The van der Waals surface area contributed by atoms with Crippen molar-refractivity contribution in [2.24, 2.45) is 0 Å². The van der Waals surface area contributed by atoms with Gasteiger partial charge in [-0.1, -0.05) is 0 Å². The van der Waals surface area contributed by atoms with Crippen LogP contribution in [0.15, 0.2) is 0 Å². The maximum Gasteiger partial charge on any atom is 0.107 e. The molecular formula is C11H22O6. The van der Waals surface area contributed by atoms with Gasteiger partial charge in [0.1, 0.15) is 12.2 Å². The lowest BCUT2D eigenvalue weighted by Crippen LogP contribution is -2.25. The molecule has 0 aromatic carbocycles. The normalized spacial score (nSPS) is 50.5. The van der Waals surface area contributed by atoms with Crippen LogP contribution in [0.5, 0.6) is 0 Å². The van der Waals surface area contributed by atoms with E-state index in [2.05, 4.69) is 4.74 Å². The Hall–Kier alpha value is -0.240. The molecule has 2 aliphatic rings. The van der Waals surface area contributed by atoms with E-state index in [1.807, 2.05) is 0 Å². The van der Waals surface area contributed by atoms with Crippen LogP contribution in [-0.2, 0) is 14.2 Å². The maximum absolute atomic E-state index is 9.22. The zero-order chi connectivity index (χ0) is 16.0. The summed E-state index contributed by atoms with van der Waals surface area (Å²) < 4.78 is 41.9. The summed E-state index contributed by atoms with van der Waals surface area (Å²) in [7, 11) is -1.36. The molecule has 6 nitrogen and oxygen atoms in total. The highest BCUT2D eigenvalue weighted by Crippen LogP contribution is 2.12. The zero-order valence-electron chi connectivity index (χ0n) is 13.4. The topological polar surface area (TPSA) is 88.4 Å². The van der Waals surface area contributed by atoms with Crippen molar-refractivity contribution in [3.8, 4) is 0 Å². The molecule has 2 aliphatic heterocycles. The third-order valence-corrected chi connectivity index (χ3v) is 2.52. The van der Waals surface area contributed by atoms with Gasteiger partial charge in [0, 0.05) is 20.2 Å². The Bertz CT molecular complexity index is 298. The zero-order valence-corrected chi connectivity index (χ0v) is 9.44. The summed E-state index contributed by atoms with van der Waals surface area (Å²) in [4.78, 5) is 0. The van der Waals surface area contributed by atoms with E-state index in [-0.39, 0.29) is 19.6 Å². The van der Waals surface area contributed by atoms with Crippen molar-refractivity contribution < 1.29 is 35.0 Å². The monoisotopic (exact) mass is 257 g/mol. The molecule has 2 saturated heterocycles. The molecule has 3 N–H and O–H groups in total. The summed E-state index contributed by atoms with van der Waals surface area (Å²) in [6, 6.07) is 0. The van der Waals surface area contributed by atoms with Crippen LogP contribution in [0.4, 0.5) is 0 Å². The fourth-order valence-electron chi connectivity index (χ4n) is 1.45. The number of aliphatic hydroxyl groups is 3. The second-order valence-corrected chi connectivity index (χ2v) is 3.80. The van der Waals surface area contributed by atoms with Gasteiger partial charge >= 0.3 is 0 Å². The van der Waals surface area contributed by atoms with Crippen LogP contribution in [0.25, 0.3) is 0 Å².